The van der Waals surface area contributed by atoms with Crippen molar-refractivity contribution in [3.63, 3.8) is 0 Å². The number of methoxy groups -OCH3 is 3. The van der Waals surface area contributed by atoms with Crippen LogP contribution in [0.15, 0.2) is 30.9 Å². The molecule has 1 aromatic rings. The van der Waals surface area contributed by atoms with Crippen molar-refractivity contribution >= 4 is 11.9 Å². The van der Waals surface area contributed by atoms with Crippen LogP contribution >= 0.6 is 0 Å². The van der Waals surface area contributed by atoms with Gasteiger partial charge in [0.05, 0.1) is 27.8 Å². The Balaban J connectivity index is 2.97. The Morgan fingerprint density at radius 3 is 2.18 bits per heavy atom. The van der Waals surface area contributed by atoms with Crippen molar-refractivity contribution in [1.29, 1.82) is 0 Å². The van der Waals surface area contributed by atoms with Crippen LogP contribution in [0, 0.1) is 0 Å². The molecular weight excluding hydrogens is 286 g/mol. The summed E-state index contributed by atoms with van der Waals surface area (Å²) in [5.41, 5.74) is 0.419. The average molecular weight is 307 g/mol. The quantitative estimate of drug-likeness (QED) is 0.542. The number of nitrogens with zero attached hydrogens (tertiary/aromatic N) is 1. The van der Waals surface area contributed by atoms with Gasteiger partial charge in [-0.15, -0.1) is 6.58 Å². The third-order valence-electron chi connectivity index (χ3n) is 3.05. The molecule has 1 rings (SSSR count). The van der Waals surface area contributed by atoms with Gasteiger partial charge in [-0.25, -0.2) is 0 Å². The maximum atomic E-state index is 12.6. The van der Waals surface area contributed by atoms with Gasteiger partial charge in [0.1, 0.15) is 11.5 Å². The molecule has 22 heavy (non-hydrogen) atoms. The van der Waals surface area contributed by atoms with Crippen LogP contribution in [0.1, 0.15) is 16.8 Å². The Kier molecular flexibility index (Phi) is 6.95. The highest BCUT2D eigenvalue weighted by Gasteiger charge is 2.18. The molecule has 0 bridgehead atoms. The van der Waals surface area contributed by atoms with E-state index in [0.29, 0.717) is 23.6 Å². The minimum Gasteiger partial charge on any atom is -0.497 e. The number of ether oxygens (including phenoxy) is 3. The van der Waals surface area contributed by atoms with Gasteiger partial charge in [0.15, 0.2) is 0 Å². The van der Waals surface area contributed by atoms with Crippen LogP contribution in [-0.2, 0) is 9.53 Å². The smallest absolute Gasteiger partial charge is 0.307 e. The first-order chi connectivity index (χ1) is 10.5. The zero-order valence-corrected chi connectivity index (χ0v) is 13.1. The number of esters is 1. The molecule has 0 aliphatic heterocycles. The van der Waals surface area contributed by atoms with Gasteiger partial charge in [0.2, 0.25) is 0 Å². The zero-order chi connectivity index (χ0) is 16.5. The first kappa shape index (κ1) is 17.6. The minimum atomic E-state index is -0.370. The largest absolute Gasteiger partial charge is 0.497 e. The van der Waals surface area contributed by atoms with Crippen LogP contribution < -0.4 is 9.47 Å². The first-order valence-electron chi connectivity index (χ1n) is 6.75. The maximum absolute atomic E-state index is 12.6. The highest BCUT2D eigenvalue weighted by atomic mass is 16.5. The van der Waals surface area contributed by atoms with Crippen LogP contribution in [0.3, 0.4) is 0 Å². The molecule has 6 nitrogen and oxygen atoms in total. The second-order valence-electron chi connectivity index (χ2n) is 4.47. The highest BCUT2D eigenvalue weighted by Crippen LogP contribution is 2.23. The van der Waals surface area contributed by atoms with E-state index in [1.807, 2.05) is 0 Å². The number of hydrogen-bond donors (Lipinski definition) is 0. The molecule has 0 spiro atoms. The van der Waals surface area contributed by atoms with Crippen LogP contribution in [0.2, 0.25) is 0 Å². The SMILES string of the molecule is C=CCN(CCC(=O)OC)C(=O)c1cc(OC)cc(OC)c1. The lowest BCUT2D eigenvalue weighted by atomic mass is 10.1. The predicted octanol–water partition coefficient (Wildman–Crippen LogP) is 1.90. The van der Waals surface area contributed by atoms with Crippen molar-refractivity contribution < 1.29 is 23.8 Å². The van der Waals surface area contributed by atoms with Crippen molar-refractivity contribution in [1.82, 2.24) is 4.90 Å². The number of hydrogen-bond acceptors (Lipinski definition) is 5. The van der Waals surface area contributed by atoms with Crippen molar-refractivity contribution in [3.05, 3.63) is 36.4 Å². The van der Waals surface area contributed by atoms with E-state index >= 15 is 0 Å². The van der Waals surface area contributed by atoms with Gasteiger partial charge in [-0.3, -0.25) is 9.59 Å². The molecular formula is C16H21NO5. The van der Waals surface area contributed by atoms with Crippen LogP contribution in [0.4, 0.5) is 0 Å². The molecule has 0 saturated carbocycles. The Bertz CT molecular complexity index is 519. The van der Waals surface area contributed by atoms with Gasteiger partial charge < -0.3 is 19.1 Å². The van der Waals surface area contributed by atoms with Gasteiger partial charge in [-0.05, 0) is 12.1 Å². The summed E-state index contributed by atoms with van der Waals surface area (Å²) in [5, 5.41) is 0. The molecule has 0 fully saturated rings. The lowest BCUT2D eigenvalue weighted by Gasteiger charge is -2.21. The fourth-order valence-corrected chi connectivity index (χ4v) is 1.87. The molecule has 0 radical (unpaired) electrons. The summed E-state index contributed by atoms with van der Waals surface area (Å²) >= 11 is 0. The third-order valence-corrected chi connectivity index (χ3v) is 3.05. The van der Waals surface area contributed by atoms with Crippen LogP contribution in [-0.4, -0.2) is 51.2 Å². The summed E-state index contributed by atoms with van der Waals surface area (Å²) in [5.74, 6) is 0.439. The topological polar surface area (TPSA) is 65.1 Å². The third kappa shape index (κ3) is 4.80. The monoisotopic (exact) mass is 307 g/mol. The van der Waals surface area contributed by atoms with E-state index in [9.17, 15) is 9.59 Å². The molecule has 0 saturated heterocycles. The molecule has 0 aliphatic rings. The number of benzene rings is 1. The summed E-state index contributed by atoms with van der Waals surface area (Å²) < 4.78 is 14.9. The fourth-order valence-electron chi connectivity index (χ4n) is 1.87. The Morgan fingerprint density at radius 2 is 1.73 bits per heavy atom. The number of carbonyl (C=O) groups excluding carboxylic acids is 2. The van der Waals surface area contributed by atoms with Crippen molar-refractivity contribution in [2.45, 2.75) is 6.42 Å². The summed E-state index contributed by atoms with van der Waals surface area (Å²) in [6.07, 6.45) is 1.73. The van der Waals surface area contributed by atoms with E-state index < -0.39 is 0 Å². The molecule has 0 N–H and O–H groups in total. The van der Waals surface area contributed by atoms with E-state index in [1.54, 1.807) is 24.3 Å². The first-order valence-corrected chi connectivity index (χ1v) is 6.75. The molecule has 0 aliphatic carbocycles. The van der Waals surface area contributed by atoms with Crippen LogP contribution in [0.5, 0.6) is 11.5 Å². The van der Waals surface area contributed by atoms with Gasteiger partial charge >= 0.3 is 5.97 Å². The molecule has 0 aromatic heterocycles. The summed E-state index contributed by atoms with van der Waals surface area (Å²) in [6, 6.07) is 4.93. The molecule has 0 unspecified atom stereocenters. The Labute approximate surface area is 130 Å². The molecule has 1 aromatic carbocycles. The van der Waals surface area contributed by atoms with Gasteiger partial charge in [0.25, 0.3) is 5.91 Å². The standard InChI is InChI=1S/C16H21NO5/c1-5-7-17(8-6-15(18)22-4)16(19)12-9-13(20-2)11-14(10-12)21-3/h5,9-11H,1,6-8H2,2-4H3. The van der Waals surface area contributed by atoms with Crippen LogP contribution in [0.25, 0.3) is 0 Å². The number of amides is 1. The van der Waals surface area contributed by atoms with Crippen molar-refractivity contribution in [2.24, 2.45) is 0 Å². The van der Waals surface area contributed by atoms with Crippen molar-refractivity contribution in [3.8, 4) is 11.5 Å². The molecule has 1 amide bonds. The molecule has 6 heteroatoms. The molecule has 0 atom stereocenters. The lowest BCUT2D eigenvalue weighted by Crippen LogP contribution is -2.33. The fraction of sp³-hybridized carbons (Fsp3) is 0.375. The minimum absolute atomic E-state index is 0.122. The van der Waals surface area contributed by atoms with E-state index in [0.717, 1.165) is 0 Å². The highest BCUT2D eigenvalue weighted by molar-refractivity contribution is 5.95. The van der Waals surface area contributed by atoms with E-state index in [1.165, 1.54) is 26.2 Å². The Morgan fingerprint density at radius 1 is 1.14 bits per heavy atom. The normalized spacial score (nSPS) is 9.77. The number of rotatable bonds is 8. The predicted molar refractivity (Wildman–Crippen MR) is 82.3 cm³/mol. The maximum Gasteiger partial charge on any atom is 0.307 e. The summed E-state index contributed by atoms with van der Waals surface area (Å²) in [6.45, 7) is 4.21. The van der Waals surface area contributed by atoms with Crippen molar-refractivity contribution in [2.75, 3.05) is 34.4 Å². The van der Waals surface area contributed by atoms with Gasteiger partial charge in [-0.2, -0.15) is 0 Å². The summed E-state index contributed by atoms with van der Waals surface area (Å²) in [4.78, 5) is 25.4. The zero-order valence-electron chi connectivity index (χ0n) is 13.1. The summed E-state index contributed by atoms with van der Waals surface area (Å²) in [7, 11) is 4.35. The number of carbonyl (C=O) groups is 2. The average Bonchev–Trinajstić information content (AvgIpc) is 2.56. The second kappa shape index (κ2) is 8.71. The van der Waals surface area contributed by atoms with E-state index in [2.05, 4.69) is 11.3 Å². The van der Waals surface area contributed by atoms with E-state index in [-0.39, 0.29) is 24.8 Å². The molecule has 0 heterocycles. The Hall–Kier alpha value is -2.50. The second-order valence-corrected chi connectivity index (χ2v) is 4.47. The molecule has 120 valence electrons. The lowest BCUT2D eigenvalue weighted by molar-refractivity contribution is -0.140. The van der Waals surface area contributed by atoms with Gasteiger partial charge in [-0.1, -0.05) is 6.08 Å². The van der Waals surface area contributed by atoms with Gasteiger partial charge in [0, 0.05) is 24.7 Å². The van der Waals surface area contributed by atoms with E-state index in [4.69, 9.17) is 9.47 Å².